The molecule has 0 spiro atoms. The summed E-state index contributed by atoms with van der Waals surface area (Å²) >= 11 is 0. The van der Waals surface area contributed by atoms with Crippen LogP contribution in [-0.2, 0) is 13.0 Å². The number of aryl methyl sites for hydroxylation is 1. The van der Waals surface area contributed by atoms with Gasteiger partial charge in [-0.05, 0) is 36.9 Å². The molecule has 2 aromatic rings. The summed E-state index contributed by atoms with van der Waals surface area (Å²) < 4.78 is 2.37. The molecule has 0 saturated heterocycles. The Kier molecular flexibility index (Phi) is 4.25. The van der Waals surface area contributed by atoms with Gasteiger partial charge in [0.25, 0.3) is 0 Å². The number of nitrogens with zero attached hydrogens (tertiary/aromatic N) is 2. The van der Waals surface area contributed by atoms with Crippen LogP contribution < -0.4 is 5.73 Å². The van der Waals surface area contributed by atoms with Gasteiger partial charge in [0.1, 0.15) is 5.82 Å². The fraction of sp³-hybridized carbons (Fsp3) is 0.562. The van der Waals surface area contributed by atoms with E-state index in [4.69, 9.17) is 10.7 Å². The Balaban J connectivity index is 2.38. The zero-order valence-corrected chi connectivity index (χ0v) is 12.3. The Morgan fingerprint density at radius 3 is 2.68 bits per heavy atom. The Morgan fingerprint density at radius 2 is 2.00 bits per heavy atom. The normalized spacial score (nSPS) is 12.2. The van der Waals surface area contributed by atoms with Gasteiger partial charge < -0.3 is 10.3 Å². The Labute approximate surface area is 115 Å². The average Bonchev–Trinajstić information content (AvgIpc) is 2.67. The number of para-hydroxylation sites is 2. The van der Waals surface area contributed by atoms with E-state index in [0.29, 0.717) is 0 Å². The van der Waals surface area contributed by atoms with Crippen molar-refractivity contribution in [2.45, 2.75) is 46.6 Å². The van der Waals surface area contributed by atoms with E-state index < -0.39 is 0 Å². The molecule has 3 heteroatoms. The fourth-order valence-corrected chi connectivity index (χ4v) is 2.64. The molecule has 0 aliphatic carbocycles. The molecule has 1 aromatic carbocycles. The van der Waals surface area contributed by atoms with Crippen molar-refractivity contribution in [3.63, 3.8) is 0 Å². The zero-order valence-electron chi connectivity index (χ0n) is 12.3. The molecule has 0 bridgehead atoms. The highest BCUT2D eigenvalue weighted by Crippen LogP contribution is 2.27. The molecule has 19 heavy (non-hydrogen) atoms. The van der Waals surface area contributed by atoms with Crippen LogP contribution in [0.4, 0.5) is 0 Å². The van der Waals surface area contributed by atoms with Crippen molar-refractivity contribution in [3.05, 3.63) is 30.1 Å². The summed E-state index contributed by atoms with van der Waals surface area (Å²) in [7, 11) is 0. The first-order valence-electron chi connectivity index (χ1n) is 7.21. The molecule has 0 fully saturated rings. The predicted octanol–water partition coefficient (Wildman–Crippen LogP) is 3.36. The molecule has 0 atom stereocenters. The second-order valence-corrected chi connectivity index (χ2v) is 6.05. The third-order valence-electron chi connectivity index (χ3n) is 3.64. The second-order valence-electron chi connectivity index (χ2n) is 6.05. The van der Waals surface area contributed by atoms with E-state index in [1.54, 1.807) is 0 Å². The van der Waals surface area contributed by atoms with Gasteiger partial charge >= 0.3 is 0 Å². The average molecular weight is 259 g/mol. The first-order chi connectivity index (χ1) is 9.07. The van der Waals surface area contributed by atoms with Gasteiger partial charge in [0.05, 0.1) is 11.0 Å². The van der Waals surface area contributed by atoms with Gasteiger partial charge in [-0.25, -0.2) is 4.98 Å². The van der Waals surface area contributed by atoms with Crippen LogP contribution in [0.1, 0.15) is 39.4 Å². The van der Waals surface area contributed by atoms with Crippen LogP contribution >= 0.6 is 0 Å². The maximum atomic E-state index is 5.71. The van der Waals surface area contributed by atoms with Crippen LogP contribution in [0.3, 0.4) is 0 Å². The third kappa shape index (κ3) is 3.16. The highest BCUT2D eigenvalue weighted by atomic mass is 15.1. The molecule has 2 N–H and O–H groups in total. The van der Waals surface area contributed by atoms with Crippen LogP contribution in [0.25, 0.3) is 11.0 Å². The van der Waals surface area contributed by atoms with Crippen molar-refractivity contribution in [2.24, 2.45) is 11.1 Å². The van der Waals surface area contributed by atoms with Crippen LogP contribution in [0, 0.1) is 5.41 Å². The topological polar surface area (TPSA) is 43.8 Å². The molecule has 0 aliphatic rings. The highest BCUT2D eigenvalue weighted by molar-refractivity contribution is 5.75. The molecule has 1 heterocycles. The van der Waals surface area contributed by atoms with E-state index in [2.05, 4.69) is 49.6 Å². The molecule has 0 radical (unpaired) electrons. The van der Waals surface area contributed by atoms with Gasteiger partial charge in [-0.2, -0.15) is 0 Å². The summed E-state index contributed by atoms with van der Waals surface area (Å²) in [5.74, 6) is 1.20. The molecule has 3 nitrogen and oxygen atoms in total. The molecule has 0 saturated carbocycles. The summed E-state index contributed by atoms with van der Waals surface area (Å²) in [5, 5.41) is 0. The minimum Gasteiger partial charge on any atom is -0.330 e. The molecular formula is C16H25N3. The zero-order chi connectivity index (χ0) is 13.9. The number of benzene rings is 1. The summed E-state index contributed by atoms with van der Waals surface area (Å²) in [6, 6.07) is 8.41. The fourth-order valence-electron chi connectivity index (χ4n) is 2.64. The minimum absolute atomic E-state index is 0.210. The van der Waals surface area contributed by atoms with Gasteiger partial charge in [0.2, 0.25) is 0 Å². The van der Waals surface area contributed by atoms with E-state index in [0.717, 1.165) is 37.9 Å². The Hall–Kier alpha value is -1.35. The van der Waals surface area contributed by atoms with Crippen molar-refractivity contribution < 1.29 is 0 Å². The second kappa shape index (κ2) is 5.74. The van der Waals surface area contributed by atoms with E-state index in [9.17, 15) is 0 Å². The van der Waals surface area contributed by atoms with Crippen molar-refractivity contribution in [1.82, 2.24) is 9.55 Å². The van der Waals surface area contributed by atoms with Crippen LogP contribution in [0.15, 0.2) is 24.3 Å². The molecule has 104 valence electrons. The lowest BCUT2D eigenvalue weighted by Crippen LogP contribution is -2.22. The molecule has 0 aliphatic heterocycles. The van der Waals surface area contributed by atoms with Gasteiger partial charge in [-0.3, -0.25) is 0 Å². The van der Waals surface area contributed by atoms with Crippen molar-refractivity contribution in [1.29, 1.82) is 0 Å². The number of imidazole rings is 1. The minimum atomic E-state index is 0.210. The molecule has 0 amide bonds. The van der Waals surface area contributed by atoms with E-state index in [1.807, 2.05) is 0 Å². The predicted molar refractivity (Wildman–Crippen MR) is 81.2 cm³/mol. The summed E-state index contributed by atoms with van der Waals surface area (Å²) in [6.07, 6.45) is 3.14. The molecular weight excluding hydrogens is 234 g/mol. The lowest BCUT2D eigenvalue weighted by molar-refractivity contribution is 0.326. The maximum Gasteiger partial charge on any atom is 0.110 e. The van der Waals surface area contributed by atoms with Gasteiger partial charge in [-0.1, -0.05) is 32.9 Å². The lowest BCUT2D eigenvalue weighted by atomic mass is 9.85. The monoisotopic (exact) mass is 259 g/mol. The number of fused-ring (bicyclic) bond motifs is 1. The maximum absolute atomic E-state index is 5.71. The number of nitrogens with two attached hydrogens (primary N) is 1. The summed E-state index contributed by atoms with van der Waals surface area (Å²) in [5.41, 5.74) is 8.28. The number of hydrogen-bond donors (Lipinski definition) is 1. The number of aromatic nitrogens is 2. The van der Waals surface area contributed by atoms with Gasteiger partial charge in [-0.15, -0.1) is 0 Å². The molecule has 2 rings (SSSR count). The van der Waals surface area contributed by atoms with Crippen LogP contribution in [0.2, 0.25) is 0 Å². The first-order valence-corrected chi connectivity index (χ1v) is 7.21. The van der Waals surface area contributed by atoms with Gasteiger partial charge in [0, 0.05) is 13.0 Å². The van der Waals surface area contributed by atoms with Crippen LogP contribution in [0.5, 0.6) is 0 Å². The third-order valence-corrected chi connectivity index (χ3v) is 3.64. The molecule has 1 aromatic heterocycles. The van der Waals surface area contributed by atoms with E-state index >= 15 is 0 Å². The van der Waals surface area contributed by atoms with E-state index in [-0.39, 0.29) is 5.41 Å². The quantitative estimate of drug-likeness (QED) is 0.864. The highest BCUT2D eigenvalue weighted by Gasteiger charge is 2.21. The SMILES string of the molecule is CCCn1c(CC(C)(C)CCN)nc2ccccc21. The Bertz CT molecular complexity index is 540. The smallest absolute Gasteiger partial charge is 0.110 e. The number of rotatable bonds is 6. The lowest BCUT2D eigenvalue weighted by Gasteiger charge is -2.23. The van der Waals surface area contributed by atoms with Crippen molar-refractivity contribution >= 4 is 11.0 Å². The first kappa shape index (κ1) is 14.1. The summed E-state index contributed by atoms with van der Waals surface area (Å²) in [4.78, 5) is 4.82. The number of hydrogen-bond acceptors (Lipinski definition) is 2. The van der Waals surface area contributed by atoms with Gasteiger partial charge in [0.15, 0.2) is 0 Å². The standard InChI is InChI=1S/C16H25N3/c1-4-11-19-14-8-6-5-7-13(14)18-15(19)12-16(2,3)9-10-17/h5-8H,4,9-12,17H2,1-3H3. The Morgan fingerprint density at radius 1 is 1.26 bits per heavy atom. The van der Waals surface area contributed by atoms with Crippen molar-refractivity contribution in [3.8, 4) is 0 Å². The van der Waals surface area contributed by atoms with E-state index in [1.165, 1.54) is 11.3 Å². The molecule has 0 unspecified atom stereocenters. The van der Waals surface area contributed by atoms with Crippen LogP contribution in [-0.4, -0.2) is 16.1 Å². The largest absolute Gasteiger partial charge is 0.330 e. The van der Waals surface area contributed by atoms with Crippen molar-refractivity contribution in [2.75, 3.05) is 6.54 Å². The summed E-state index contributed by atoms with van der Waals surface area (Å²) in [6.45, 7) is 8.53.